The molecule has 0 spiro atoms. The zero-order chi connectivity index (χ0) is 20.7. The first-order valence-electron chi connectivity index (χ1n) is 9.32. The molecule has 2 aliphatic heterocycles. The van der Waals surface area contributed by atoms with Crippen LogP contribution >= 0.6 is 11.6 Å². The lowest BCUT2D eigenvalue weighted by molar-refractivity contribution is -0.750. The molecule has 1 atom stereocenters. The van der Waals surface area contributed by atoms with Gasteiger partial charge in [-0.2, -0.15) is 10.8 Å². The molecule has 0 fully saturated rings. The fourth-order valence-electron chi connectivity index (χ4n) is 3.48. The number of halogens is 1. The number of allylic oxidation sites excluding steroid dienone is 4. The van der Waals surface area contributed by atoms with E-state index in [4.69, 9.17) is 31.9 Å². The number of benzene rings is 2. The Labute approximate surface area is 178 Å². The predicted octanol–water partition coefficient (Wildman–Crippen LogP) is 4.86. The monoisotopic (exact) mass is 417 g/mol. The van der Waals surface area contributed by atoms with Crippen LogP contribution in [-0.2, 0) is 0 Å². The molecule has 6 nitrogen and oxygen atoms in total. The number of rotatable bonds is 5. The summed E-state index contributed by atoms with van der Waals surface area (Å²) in [5, 5.41) is 0.522. The number of aliphatic imine (C=N–C) groups is 2. The van der Waals surface area contributed by atoms with Crippen LogP contribution in [0.1, 0.15) is 5.56 Å². The van der Waals surface area contributed by atoms with Crippen LogP contribution in [0.5, 0.6) is 17.2 Å². The van der Waals surface area contributed by atoms with E-state index in [-0.39, 0.29) is 4.59 Å². The van der Waals surface area contributed by atoms with Gasteiger partial charge in [-0.05, 0) is 30.3 Å². The van der Waals surface area contributed by atoms with E-state index >= 15 is 0 Å². The van der Waals surface area contributed by atoms with Crippen LogP contribution in [0.25, 0.3) is 0 Å². The molecule has 5 rings (SSSR count). The Kier molecular flexibility index (Phi) is 4.40. The molecule has 148 valence electrons. The summed E-state index contributed by atoms with van der Waals surface area (Å²) in [6.45, 7) is 0. The molecule has 0 saturated carbocycles. The second kappa shape index (κ2) is 7.11. The highest BCUT2D eigenvalue weighted by Crippen LogP contribution is 2.39. The van der Waals surface area contributed by atoms with E-state index < -0.39 is 0 Å². The number of methoxy groups -OCH3 is 1. The highest BCUT2D eigenvalue weighted by atomic mass is 35.5. The molecule has 2 heterocycles. The molecule has 0 bridgehead atoms. The zero-order valence-electron chi connectivity index (χ0n) is 16.1. The summed E-state index contributed by atoms with van der Waals surface area (Å²) in [5.41, 5.74) is 3.48. The lowest BCUT2D eigenvalue weighted by Crippen LogP contribution is -2.53. The Balaban J connectivity index is 1.54. The van der Waals surface area contributed by atoms with Gasteiger partial charge >= 0.3 is 0 Å². The third-order valence-electron chi connectivity index (χ3n) is 5.10. The molecular weight excluding hydrogens is 400 g/mol. The van der Waals surface area contributed by atoms with E-state index in [0.29, 0.717) is 28.1 Å². The third-order valence-corrected chi connectivity index (χ3v) is 5.41. The number of hydrogen-bond acceptors (Lipinski definition) is 5. The zero-order valence-corrected chi connectivity index (χ0v) is 16.9. The highest BCUT2D eigenvalue weighted by Gasteiger charge is 2.45. The van der Waals surface area contributed by atoms with Gasteiger partial charge in [0, 0.05) is 5.57 Å². The maximum Gasteiger partial charge on any atom is 0.265 e. The number of hydrogen-bond donors (Lipinski definition) is 1. The molecule has 2 aromatic rings. The first kappa shape index (κ1) is 18.6. The van der Waals surface area contributed by atoms with Gasteiger partial charge in [-0.25, -0.2) is 0 Å². The number of nitrogens with zero attached hydrogens (tertiary/aromatic N) is 3. The van der Waals surface area contributed by atoms with Crippen molar-refractivity contribution in [2.24, 2.45) is 15.8 Å². The van der Waals surface area contributed by atoms with Crippen molar-refractivity contribution in [2.45, 2.75) is 0 Å². The molecule has 30 heavy (non-hydrogen) atoms. The Hall–Kier alpha value is -3.45. The van der Waals surface area contributed by atoms with Crippen molar-refractivity contribution >= 4 is 23.7 Å². The number of quaternary nitrogens is 1. The van der Waals surface area contributed by atoms with Crippen molar-refractivity contribution in [3.8, 4) is 17.2 Å². The largest absolute Gasteiger partial charge is 0.493 e. The van der Waals surface area contributed by atoms with Crippen LogP contribution in [0, 0.1) is 0 Å². The average Bonchev–Trinajstić information content (AvgIpc) is 3.01. The Bertz CT molecular complexity index is 1240. The van der Waals surface area contributed by atoms with Crippen molar-refractivity contribution in [3.63, 3.8) is 0 Å². The van der Waals surface area contributed by atoms with Gasteiger partial charge in [-0.3, -0.25) is 4.99 Å². The fourth-order valence-corrected chi connectivity index (χ4v) is 3.65. The van der Waals surface area contributed by atoms with Crippen LogP contribution in [0.2, 0.25) is 5.02 Å². The fraction of sp³-hybridized carbons (Fsp3) is 0.0435. The summed E-state index contributed by atoms with van der Waals surface area (Å²) in [6, 6.07) is 12.9. The van der Waals surface area contributed by atoms with E-state index in [9.17, 15) is 0 Å². The Morgan fingerprint density at radius 3 is 2.63 bits per heavy atom. The third kappa shape index (κ3) is 2.90. The summed E-state index contributed by atoms with van der Waals surface area (Å²) in [7, 11) is 1.59. The van der Waals surface area contributed by atoms with E-state index in [1.807, 2.05) is 54.8 Å². The molecule has 7 heteroatoms. The van der Waals surface area contributed by atoms with Gasteiger partial charge in [0.2, 0.25) is 5.70 Å². The van der Waals surface area contributed by atoms with Gasteiger partial charge in [-0.15, -0.1) is 4.59 Å². The summed E-state index contributed by atoms with van der Waals surface area (Å²) in [6.07, 6.45) is 11.2. The number of nitrogens with two attached hydrogens (primary N) is 1. The van der Waals surface area contributed by atoms with Crippen LogP contribution in [0.15, 0.2) is 100 Å². The van der Waals surface area contributed by atoms with Crippen molar-refractivity contribution < 1.29 is 14.1 Å². The van der Waals surface area contributed by atoms with Crippen molar-refractivity contribution in [2.75, 3.05) is 7.11 Å². The molecule has 2 aromatic carbocycles. The topological polar surface area (TPSA) is 69.2 Å². The van der Waals surface area contributed by atoms with Crippen molar-refractivity contribution in [3.05, 3.63) is 101 Å². The van der Waals surface area contributed by atoms with Crippen LogP contribution in [0.4, 0.5) is 0 Å². The van der Waals surface area contributed by atoms with Gasteiger partial charge in [0.05, 0.1) is 30.1 Å². The standard InChI is InChI=1S/C23H18ClN4O2/c1-29-21-13-16(9-10-20(21)30-19-8-3-2-7-17(19)24)23-27-22(15-5-4-6-15)18-14-26-11-12-28(18,23)25/h2-14H,25H2,1H3/q+1. The molecule has 0 radical (unpaired) electrons. The Morgan fingerprint density at radius 2 is 1.90 bits per heavy atom. The molecule has 0 amide bonds. The quantitative estimate of drug-likeness (QED) is 0.558. The first-order valence-corrected chi connectivity index (χ1v) is 9.70. The summed E-state index contributed by atoms with van der Waals surface area (Å²) in [4.78, 5) is 9.11. The number of amidine groups is 1. The smallest absolute Gasteiger partial charge is 0.265 e. The number of fused-ring (bicyclic) bond motifs is 1. The van der Waals surface area contributed by atoms with Crippen LogP contribution in [0.3, 0.4) is 0 Å². The number of ether oxygens (including phenoxy) is 2. The van der Waals surface area contributed by atoms with Gasteiger partial charge in [0.25, 0.3) is 5.84 Å². The van der Waals surface area contributed by atoms with Crippen LogP contribution in [-0.4, -0.2) is 23.8 Å². The molecular formula is C23H18ClN4O2+. The SMILES string of the molecule is COc1cc(C2=NC(C3=CC=C3)=C3C=NC=C[N+]23N)ccc1Oc1ccccc1Cl. The van der Waals surface area contributed by atoms with E-state index in [0.717, 1.165) is 22.5 Å². The van der Waals surface area contributed by atoms with Gasteiger partial charge < -0.3 is 9.47 Å². The summed E-state index contributed by atoms with van der Waals surface area (Å²) >= 11 is 6.22. The van der Waals surface area contributed by atoms with Crippen LogP contribution < -0.4 is 15.3 Å². The minimum Gasteiger partial charge on any atom is -0.493 e. The number of para-hydroxylation sites is 1. The predicted molar refractivity (Wildman–Crippen MR) is 117 cm³/mol. The maximum atomic E-state index is 6.75. The molecule has 3 aliphatic rings. The maximum absolute atomic E-state index is 6.75. The van der Waals surface area contributed by atoms with E-state index in [1.54, 1.807) is 31.7 Å². The second-order valence-corrected chi connectivity index (χ2v) is 7.31. The summed E-state index contributed by atoms with van der Waals surface area (Å²) < 4.78 is 11.5. The van der Waals surface area contributed by atoms with Gasteiger partial charge in [0.1, 0.15) is 17.6 Å². The molecule has 1 aliphatic carbocycles. The minimum atomic E-state index is -0.0577. The molecule has 0 aromatic heterocycles. The lowest BCUT2D eigenvalue weighted by atomic mass is 10.0. The lowest BCUT2D eigenvalue weighted by Gasteiger charge is -2.26. The van der Waals surface area contributed by atoms with Gasteiger partial charge in [-0.1, -0.05) is 42.0 Å². The van der Waals surface area contributed by atoms with Crippen molar-refractivity contribution in [1.29, 1.82) is 0 Å². The normalized spacial score (nSPS) is 21.2. The second-order valence-electron chi connectivity index (χ2n) is 6.90. The first-order chi connectivity index (χ1) is 14.6. The average molecular weight is 418 g/mol. The van der Waals surface area contributed by atoms with E-state index in [1.165, 1.54) is 0 Å². The van der Waals surface area contributed by atoms with Crippen molar-refractivity contribution in [1.82, 2.24) is 0 Å². The molecule has 0 saturated heterocycles. The highest BCUT2D eigenvalue weighted by molar-refractivity contribution is 6.32. The minimum absolute atomic E-state index is 0.0577. The molecule has 2 N–H and O–H groups in total. The molecule has 1 unspecified atom stereocenters. The van der Waals surface area contributed by atoms with E-state index in [2.05, 4.69) is 4.99 Å². The van der Waals surface area contributed by atoms with Gasteiger partial charge in [0.15, 0.2) is 11.5 Å². The summed E-state index contributed by atoms with van der Waals surface area (Å²) in [5.74, 6) is 9.07. The Morgan fingerprint density at radius 1 is 1.07 bits per heavy atom.